The van der Waals surface area contributed by atoms with Crippen LogP contribution in [0, 0.1) is 41.9 Å². The molecule has 3 saturated heterocycles. The number of nitrogens with zero attached hydrogens (tertiary/aromatic N) is 2. The molecule has 0 amide bonds. The van der Waals surface area contributed by atoms with Crippen molar-refractivity contribution in [1.29, 1.82) is 0 Å². The minimum absolute atomic E-state index is 0.0123. The molecule has 0 spiro atoms. The molecule has 0 aromatic carbocycles. The van der Waals surface area contributed by atoms with E-state index in [9.17, 15) is 29.7 Å². The van der Waals surface area contributed by atoms with Crippen LogP contribution in [0.2, 0.25) is 0 Å². The Labute approximate surface area is 363 Å². The summed E-state index contributed by atoms with van der Waals surface area (Å²) in [7, 11) is 3.52. The van der Waals surface area contributed by atoms with Crippen molar-refractivity contribution in [3.63, 3.8) is 0 Å². The molecule has 3 aliphatic rings. The number of aliphatic hydroxyl groups is 3. The Balaban J connectivity index is 2.27. The molecule has 0 saturated carbocycles. The lowest BCUT2D eigenvalue weighted by atomic mass is 9.73. The van der Waals surface area contributed by atoms with E-state index in [1.165, 1.54) is 27.9 Å². The van der Waals surface area contributed by atoms with E-state index in [1.54, 1.807) is 48.5 Å². The molecule has 3 fully saturated rings. The lowest BCUT2D eigenvalue weighted by Gasteiger charge is -2.50. The zero-order valence-corrected chi connectivity index (χ0v) is 39.2. The van der Waals surface area contributed by atoms with E-state index in [1.807, 2.05) is 27.8 Å². The standard InChI is InChI=1S/C45H76N2O14/c1-17-19-20-47(15)33-21-25(4)55-42(26(33)5)60-39-28(7)37(59-35-23-44(13,54-16)40(30(9)56-35)57-31(10)48)29(8)41(51)58-34(18-2)45(14,53)38(50)27(6)36(46-61-32(11)49)24(3)22-43(39,12)52/h1,24-30,33-35,37-40,42,50,52-53H,18-23H2,2-16H3/b46-36-/t24-,25-,26-,27+,28+,29-,30+,33+,34-,35?,37+,38-,39-,40+,42?,43-,44-,45-/m1/s1. The van der Waals surface area contributed by atoms with E-state index in [2.05, 4.69) is 16.0 Å². The second-order valence-electron chi connectivity index (χ2n) is 18.6. The monoisotopic (exact) mass is 869 g/mol. The zero-order valence-electron chi connectivity index (χ0n) is 39.2. The van der Waals surface area contributed by atoms with E-state index in [4.69, 9.17) is 44.4 Å². The first kappa shape index (κ1) is 52.6. The summed E-state index contributed by atoms with van der Waals surface area (Å²) >= 11 is 0. The SMILES string of the molecule is C#CCCN(C)[C@H]1C[C@@H](C)OC(O[C@@H]2[C@@H](C)[C@H](OC3C[C@@](C)(OC)[C@@H](OC(C)=O)[C@H](C)O3)[C@@H](C)C(=O)O[C@H](CC)[C@@](C)(O)[C@H](O)[C@@H](C)/C(=N\OC(C)=O)[C@H](C)C[C@@]2(C)O)[C@@H]1C. The van der Waals surface area contributed by atoms with Crippen LogP contribution in [0.4, 0.5) is 0 Å². The maximum atomic E-state index is 14.5. The number of terminal acetylenes is 1. The molecular formula is C45H76N2O14. The van der Waals surface area contributed by atoms with Gasteiger partial charge in [0, 0.05) is 70.1 Å². The molecule has 0 radical (unpaired) electrons. The number of ether oxygens (including phenoxy) is 7. The molecular weight excluding hydrogens is 792 g/mol. The number of methoxy groups -OCH3 is 1. The van der Waals surface area contributed by atoms with Gasteiger partial charge in [-0.1, -0.05) is 39.8 Å². The van der Waals surface area contributed by atoms with Crippen LogP contribution in [0.25, 0.3) is 0 Å². The Morgan fingerprint density at radius 1 is 0.951 bits per heavy atom. The molecule has 3 N–H and O–H groups in total. The number of oxime groups is 1. The van der Waals surface area contributed by atoms with Crippen molar-refractivity contribution in [2.75, 3.05) is 20.7 Å². The topological polar surface area (TPSA) is 201 Å². The van der Waals surface area contributed by atoms with Gasteiger partial charge < -0.3 is 58.2 Å². The summed E-state index contributed by atoms with van der Waals surface area (Å²) in [6.45, 7) is 22.2. The molecule has 3 heterocycles. The maximum Gasteiger partial charge on any atom is 0.331 e. The molecule has 3 rings (SSSR count). The molecule has 16 heteroatoms. The first-order valence-electron chi connectivity index (χ1n) is 21.8. The van der Waals surface area contributed by atoms with Crippen molar-refractivity contribution < 1.29 is 67.7 Å². The van der Waals surface area contributed by atoms with Crippen LogP contribution in [-0.4, -0.2) is 143 Å². The number of cyclic esters (lactones) is 1. The van der Waals surface area contributed by atoms with E-state index < -0.39 is 108 Å². The van der Waals surface area contributed by atoms with Crippen LogP contribution in [0.3, 0.4) is 0 Å². The molecule has 0 aromatic heterocycles. The smallest absolute Gasteiger partial charge is 0.331 e. The first-order valence-corrected chi connectivity index (χ1v) is 21.8. The quantitative estimate of drug-likeness (QED) is 0.114. The highest BCUT2D eigenvalue weighted by atomic mass is 16.7. The summed E-state index contributed by atoms with van der Waals surface area (Å²) in [6.07, 6.45) is -1.45. The molecule has 350 valence electrons. The van der Waals surface area contributed by atoms with Crippen LogP contribution < -0.4 is 0 Å². The number of aliphatic hydroxyl groups excluding tert-OH is 1. The Bertz CT molecular complexity index is 1550. The van der Waals surface area contributed by atoms with Gasteiger partial charge in [-0.3, -0.25) is 9.59 Å². The molecule has 3 aliphatic heterocycles. The molecule has 0 aliphatic carbocycles. The second kappa shape index (κ2) is 21.8. The summed E-state index contributed by atoms with van der Waals surface area (Å²) in [5, 5.41) is 40.8. The molecule has 0 aromatic rings. The van der Waals surface area contributed by atoms with E-state index in [0.717, 1.165) is 0 Å². The molecule has 61 heavy (non-hydrogen) atoms. The van der Waals surface area contributed by atoms with Crippen molar-refractivity contribution in [2.45, 2.75) is 200 Å². The van der Waals surface area contributed by atoms with Gasteiger partial charge in [-0.15, -0.1) is 12.3 Å². The number of hydrogen-bond acceptors (Lipinski definition) is 16. The fourth-order valence-electron chi connectivity index (χ4n) is 9.73. The highest BCUT2D eigenvalue weighted by Gasteiger charge is 2.54. The summed E-state index contributed by atoms with van der Waals surface area (Å²) in [6, 6.07) is 0.0123. The predicted molar refractivity (Wildman–Crippen MR) is 226 cm³/mol. The number of carbonyl (C=O) groups is 3. The van der Waals surface area contributed by atoms with Gasteiger partial charge in [-0.2, -0.15) is 0 Å². The Morgan fingerprint density at radius 3 is 2.15 bits per heavy atom. The summed E-state index contributed by atoms with van der Waals surface area (Å²) in [5.41, 5.74) is -4.63. The van der Waals surface area contributed by atoms with Crippen molar-refractivity contribution in [3.8, 4) is 12.3 Å². The van der Waals surface area contributed by atoms with Gasteiger partial charge in [0.05, 0.1) is 47.8 Å². The number of rotatable bonds is 11. The number of carbonyl (C=O) groups excluding carboxylic acids is 3. The summed E-state index contributed by atoms with van der Waals surface area (Å²) < 4.78 is 44.4. The van der Waals surface area contributed by atoms with Crippen LogP contribution in [-0.2, 0) is 52.4 Å². The van der Waals surface area contributed by atoms with Crippen molar-refractivity contribution in [3.05, 3.63) is 0 Å². The zero-order chi connectivity index (χ0) is 46.4. The van der Waals surface area contributed by atoms with Crippen molar-refractivity contribution >= 4 is 23.6 Å². The fourth-order valence-corrected chi connectivity index (χ4v) is 9.73. The lowest BCUT2D eigenvalue weighted by Crippen LogP contribution is -2.61. The lowest BCUT2D eigenvalue weighted by molar-refractivity contribution is -0.314. The van der Waals surface area contributed by atoms with Gasteiger partial charge in [-0.05, 0) is 67.9 Å². The first-order chi connectivity index (χ1) is 28.3. The second-order valence-corrected chi connectivity index (χ2v) is 18.6. The third-order valence-corrected chi connectivity index (χ3v) is 13.3. The van der Waals surface area contributed by atoms with Gasteiger partial charge in [0.2, 0.25) is 0 Å². The third-order valence-electron chi connectivity index (χ3n) is 13.3. The Kier molecular flexibility index (Phi) is 18.8. The third kappa shape index (κ3) is 12.7. The van der Waals surface area contributed by atoms with Crippen molar-refractivity contribution in [1.82, 2.24) is 4.90 Å². The molecule has 18 atom stereocenters. The highest BCUT2D eigenvalue weighted by Crippen LogP contribution is 2.42. The summed E-state index contributed by atoms with van der Waals surface area (Å²) in [4.78, 5) is 46.0. The largest absolute Gasteiger partial charge is 0.459 e. The maximum absolute atomic E-state index is 14.5. The Morgan fingerprint density at radius 2 is 1.59 bits per heavy atom. The van der Waals surface area contributed by atoms with E-state index in [-0.39, 0.29) is 43.0 Å². The van der Waals surface area contributed by atoms with Crippen LogP contribution in [0.5, 0.6) is 0 Å². The number of esters is 2. The highest BCUT2D eigenvalue weighted by molar-refractivity contribution is 5.89. The molecule has 16 nitrogen and oxygen atoms in total. The van der Waals surface area contributed by atoms with Crippen LogP contribution in [0.1, 0.15) is 122 Å². The van der Waals surface area contributed by atoms with Crippen molar-refractivity contribution in [2.24, 2.45) is 34.7 Å². The fraction of sp³-hybridized carbons (Fsp3) is 0.867. The average Bonchev–Trinajstić information content (AvgIpc) is 3.17. The van der Waals surface area contributed by atoms with Gasteiger partial charge in [0.25, 0.3) is 0 Å². The van der Waals surface area contributed by atoms with Crippen LogP contribution in [0.15, 0.2) is 5.16 Å². The average molecular weight is 869 g/mol. The van der Waals surface area contributed by atoms with Gasteiger partial charge in [0.1, 0.15) is 17.3 Å². The predicted octanol–water partition coefficient (Wildman–Crippen LogP) is 4.38. The van der Waals surface area contributed by atoms with Crippen LogP contribution >= 0.6 is 0 Å². The van der Waals surface area contributed by atoms with Gasteiger partial charge >= 0.3 is 17.9 Å². The minimum Gasteiger partial charge on any atom is -0.459 e. The molecule has 2 unspecified atom stereocenters. The normalized spacial score (nSPS) is 43.8. The molecule has 0 bridgehead atoms. The van der Waals surface area contributed by atoms with E-state index >= 15 is 0 Å². The minimum atomic E-state index is -2.01. The van der Waals surface area contributed by atoms with Gasteiger partial charge in [-0.25, -0.2) is 4.79 Å². The Hall–Kier alpha value is -2.72. The van der Waals surface area contributed by atoms with Gasteiger partial charge in [0.15, 0.2) is 18.7 Å². The summed E-state index contributed by atoms with van der Waals surface area (Å²) in [5.74, 6) is -2.95. The van der Waals surface area contributed by atoms with E-state index in [0.29, 0.717) is 19.4 Å². The number of hydrogen-bond donors (Lipinski definition) is 3.